The zero-order valence-electron chi connectivity index (χ0n) is 12.5. The molecule has 4 heteroatoms. The van der Waals surface area contributed by atoms with E-state index in [-0.39, 0.29) is 5.60 Å². The second-order valence-electron chi connectivity index (χ2n) is 6.22. The van der Waals surface area contributed by atoms with Crippen LogP contribution in [0.3, 0.4) is 0 Å². The van der Waals surface area contributed by atoms with Crippen LogP contribution in [0.5, 0.6) is 0 Å². The third-order valence-corrected chi connectivity index (χ3v) is 4.36. The summed E-state index contributed by atoms with van der Waals surface area (Å²) in [5.41, 5.74) is -0.00244. The molecule has 0 unspecified atom stereocenters. The van der Waals surface area contributed by atoms with Crippen LogP contribution in [-0.2, 0) is 17.8 Å². The van der Waals surface area contributed by atoms with E-state index in [1.54, 1.807) is 0 Å². The summed E-state index contributed by atoms with van der Waals surface area (Å²) in [6, 6.07) is 5.07. The fourth-order valence-electron chi connectivity index (χ4n) is 2.38. The Bertz CT molecular complexity index is 401. The molecule has 1 saturated heterocycles. The molecule has 1 aliphatic rings. The van der Waals surface area contributed by atoms with Crippen LogP contribution in [0, 0.1) is 0 Å². The summed E-state index contributed by atoms with van der Waals surface area (Å²) in [5.74, 6) is 0. The summed E-state index contributed by atoms with van der Waals surface area (Å²) in [6.45, 7) is 13.7. The Morgan fingerprint density at radius 3 is 2.79 bits per heavy atom. The maximum atomic E-state index is 5.76. The SMILES string of the molecule is CC(C)NCc1ccc(CN2CCOC(C)(C)C2)s1. The summed E-state index contributed by atoms with van der Waals surface area (Å²) >= 11 is 1.92. The highest BCUT2D eigenvalue weighted by molar-refractivity contribution is 7.11. The number of rotatable bonds is 5. The van der Waals surface area contributed by atoms with Gasteiger partial charge in [-0.3, -0.25) is 4.90 Å². The lowest BCUT2D eigenvalue weighted by Gasteiger charge is -2.37. The Morgan fingerprint density at radius 2 is 2.11 bits per heavy atom. The standard InChI is InChI=1S/C15H26N2OS/c1-12(2)16-9-13-5-6-14(19-13)10-17-7-8-18-15(3,4)11-17/h5-6,12,16H,7-11H2,1-4H3. The van der Waals surface area contributed by atoms with Gasteiger partial charge in [-0.25, -0.2) is 0 Å². The van der Waals surface area contributed by atoms with Gasteiger partial charge in [-0.1, -0.05) is 13.8 Å². The molecule has 0 atom stereocenters. The van der Waals surface area contributed by atoms with Crippen molar-refractivity contribution in [3.8, 4) is 0 Å². The number of nitrogens with one attached hydrogen (secondary N) is 1. The van der Waals surface area contributed by atoms with Crippen molar-refractivity contribution in [2.45, 2.75) is 52.4 Å². The smallest absolute Gasteiger partial charge is 0.0753 e. The largest absolute Gasteiger partial charge is 0.373 e. The van der Waals surface area contributed by atoms with Crippen molar-refractivity contribution in [1.29, 1.82) is 0 Å². The molecule has 1 aliphatic heterocycles. The molecule has 2 rings (SSSR count). The van der Waals surface area contributed by atoms with Crippen LogP contribution in [0.1, 0.15) is 37.4 Å². The molecule has 0 bridgehead atoms. The first-order valence-corrected chi connectivity index (χ1v) is 7.93. The first kappa shape index (κ1) is 15.0. The highest BCUT2D eigenvalue weighted by Crippen LogP contribution is 2.22. The number of morpholine rings is 1. The molecule has 0 radical (unpaired) electrons. The van der Waals surface area contributed by atoms with Crippen LogP contribution in [0.25, 0.3) is 0 Å². The van der Waals surface area contributed by atoms with Crippen molar-refractivity contribution < 1.29 is 4.74 Å². The third kappa shape index (κ3) is 4.88. The van der Waals surface area contributed by atoms with E-state index in [4.69, 9.17) is 4.74 Å². The van der Waals surface area contributed by atoms with Crippen LogP contribution in [-0.4, -0.2) is 36.2 Å². The van der Waals surface area contributed by atoms with E-state index in [9.17, 15) is 0 Å². The van der Waals surface area contributed by atoms with Gasteiger partial charge in [0.2, 0.25) is 0 Å². The van der Waals surface area contributed by atoms with Crippen molar-refractivity contribution in [2.75, 3.05) is 19.7 Å². The summed E-state index contributed by atoms with van der Waals surface area (Å²) in [4.78, 5) is 5.38. The molecule has 2 heterocycles. The second-order valence-corrected chi connectivity index (χ2v) is 7.48. The minimum absolute atomic E-state index is 0.00244. The van der Waals surface area contributed by atoms with E-state index in [0.717, 1.165) is 32.8 Å². The number of thiophene rings is 1. The van der Waals surface area contributed by atoms with Gasteiger partial charge in [0.15, 0.2) is 0 Å². The molecule has 1 fully saturated rings. The lowest BCUT2D eigenvalue weighted by atomic mass is 10.1. The van der Waals surface area contributed by atoms with E-state index in [1.807, 2.05) is 11.3 Å². The topological polar surface area (TPSA) is 24.5 Å². The third-order valence-electron chi connectivity index (χ3n) is 3.29. The lowest BCUT2D eigenvalue weighted by Crippen LogP contribution is -2.47. The first-order valence-electron chi connectivity index (χ1n) is 7.12. The van der Waals surface area contributed by atoms with Crippen LogP contribution >= 0.6 is 11.3 Å². The Kier molecular flexibility index (Phi) is 5.01. The molecule has 0 spiro atoms. The van der Waals surface area contributed by atoms with Crippen molar-refractivity contribution in [1.82, 2.24) is 10.2 Å². The molecule has 0 amide bonds. The molecule has 0 aliphatic carbocycles. The highest BCUT2D eigenvalue weighted by Gasteiger charge is 2.27. The van der Waals surface area contributed by atoms with Crippen LogP contribution in [0.15, 0.2) is 12.1 Å². The molecule has 19 heavy (non-hydrogen) atoms. The van der Waals surface area contributed by atoms with Crippen LogP contribution in [0.2, 0.25) is 0 Å². The number of ether oxygens (including phenoxy) is 1. The second kappa shape index (κ2) is 6.35. The average molecular weight is 282 g/mol. The Hall–Kier alpha value is -0.420. The van der Waals surface area contributed by atoms with Gasteiger partial charge >= 0.3 is 0 Å². The number of nitrogens with zero attached hydrogens (tertiary/aromatic N) is 1. The Labute approximate surface area is 121 Å². The van der Waals surface area contributed by atoms with E-state index >= 15 is 0 Å². The van der Waals surface area contributed by atoms with E-state index in [0.29, 0.717) is 6.04 Å². The van der Waals surface area contributed by atoms with Crippen molar-refractivity contribution in [3.63, 3.8) is 0 Å². The molecule has 3 nitrogen and oxygen atoms in total. The van der Waals surface area contributed by atoms with Gasteiger partial charge in [0, 0.05) is 42.0 Å². The maximum absolute atomic E-state index is 5.76. The Balaban J connectivity index is 1.85. The van der Waals surface area contributed by atoms with E-state index < -0.39 is 0 Å². The molecule has 1 aromatic heterocycles. The normalized spacial score (nSPS) is 20.1. The summed E-state index contributed by atoms with van der Waals surface area (Å²) < 4.78 is 5.76. The fourth-order valence-corrected chi connectivity index (χ4v) is 3.39. The molecule has 0 saturated carbocycles. The zero-order chi connectivity index (χ0) is 13.9. The molecule has 108 valence electrons. The fraction of sp³-hybridized carbons (Fsp3) is 0.733. The molecule has 1 aromatic rings. The van der Waals surface area contributed by atoms with Gasteiger partial charge in [-0.05, 0) is 26.0 Å². The van der Waals surface area contributed by atoms with Crippen LogP contribution < -0.4 is 5.32 Å². The Morgan fingerprint density at radius 1 is 1.37 bits per heavy atom. The predicted molar refractivity (Wildman–Crippen MR) is 81.6 cm³/mol. The highest BCUT2D eigenvalue weighted by atomic mass is 32.1. The monoisotopic (exact) mass is 282 g/mol. The van der Waals surface area contributed by atoms with Gasteiger partial charge in [0.05, 0.1) is 12.2 Å². The molecular weight excluding hydrogens is 256 g/mol. The minimum Gasteiger partial charge on any atom is -0.373 e. The van der Waals surface area contributed by atoms with E-state index in [1.165, 1.54) is 9.75 Å². The quantitative estimate of drug-likeness (QED) is 0.899. The predicted octanol–water partition coefficient (Wildman–Crippen LogP) is 2.86. The van der Waals surface area contributed by atoms with Gasteiger partial charge in [-0.15, -0.1) is 11.3 Å². The van der Waals surface area contributed by atoms with Crippen LogP contribution in [0.4, 0.5) is 0 Å². The first-order chi connectivity index (χ1) is 8.94. The summed E-state index contributed by atoms with van der Waals surface area (Å²) in [5, 5.41) is 3.47. The lowest BCUT2D eigenvalue weighted by molar-refractivity contribution is -0.0880. The van der Waals surface area contributed by atoms with Gasteiger partial charge in [0.1, 0.15) is 0 Å². The zero-order valence-corrected chi connectivity index (χ0v) is 13.3. The number of hydrogen-bond donors (Lipinski definition) is 1. The van der Waals surface area contributed by atoms with Gasteiger partial charge in [0.25, 0.3) is 0 Å². The van der Waals surface area contributed by atoms with E-state index in [2.05, 4.69) is 50.0 Å². The van der Waals surface area contributed by atoms with Gasteiger partial charge in [-0.2, -0.15) is 0 Å². The molecule has 1 N–H and O–H groups in total. The minimum atomic E-state index is -0.00244. The van der Waals surface area contributed by atoms with Gasteiger partial charge < -0.3 is 10.1 Å². The van der Waals surface area contributed by atoms with Crippen molar-refractivity contribution >= 4 is 11.3 Å². The summed E-state index contributed by atoms with van der Waals surface area (Å²) in [6.07, 6.45) is 0. The van der Waals surface area contributed by atoms with Crippen molar-refractivity contribution in [2.24, 2.45) is 0 Å². The maximum Gasteiger partial charge on any atom is 0.0753 e. The molecular formula is C15H26N2OS. The summed E-state index contributed by atoms with van der Waals surface area (Å²) in [7, 11) is 0. The number of hydrogen-bond acceptors (Lipinski definition) is 4. The molecule has 0 aromatic carbocycles. The van der Waals surface area contributed by atoms with Crippen molar-refractivity contribution in [3.05, 3.63) is 21.9 Å². The average Bonchev–Trinajstić information content (AvgIpc) is 2.73.